The molecular weight excluding hydrogens is 372 g/mol. The van der Waals surface area contributed by atoms with Crippen LogP contribution in [-0.2, 0) is 5.41 Å². The molecule has 0 spiro atoms. The maximum Gasteiger partial charge on any atom is 0.221 e. The summed E-state index contributed by atoms with van der Waals surface area (Å²) in [7, 11) is 0. The van der Waals surface area contributed by atoms with Crippen LogP contribution in [0.1, 0.15) is 37.6 Å². The van der Waals surface area contributed by atoms with Crippen LogP contribution in [0.4, 0.5) is 0 Å². The minimum absolute atomic E-state index is 0.165. The van der Waals surface area contributed by atoms with Gasteiger partial charge in [0, 0.05) is 27.5 Å². The molecule has 0 radical (unpaired) electrons. The molecule has 0 aliphatic carbocycles. The van der Waals surface area contributed by atoms with Gasteiger partial charge in [-0.1, -0.05) is 42.8 Å². The molecule has 2 aliphatic rings. The largest absolute Gasteiger partial charge is 0.493 e. The Labute approximate surface area is 170 Å². The van der Waals surface area contributed by atoms with Crippen LogP contribution in [0.5, 0.6) is 11.6 Å². The van der Waals surface area contributed by atoms with Crippen LogP contribution in [0, 0.1) is 12.8 Å². The molecule has 5 rings (SSSR count). The highest BCUT2D eigenvalue weighted by Crippen LogP contribution is 2.57. The molecule has 5 heteroatoms. The van der Waals surface area contributed by atoms with E-state index in [-0.39, 0.29) is 11.3 Å². The number of benzene rings is 2. The van der Waals surface area contributed by atoms with Gasteiger partial charge in [0.1, 0.15) is 11.4 Å². The zero-order valence-corrected chi connectivity index (χ0v) is 17.2. The van der Waals surface area contributed by atoms with Gasteiger partial charge in [-0.3, -0.25) is 0 Å². The Morgan fingerprint density at radius 3 is 2.68 bits per heavy atom. The van der Waals surface area contributed by atoms with Gasteiger partial charge >= 0.3 is 0 Å². The van der Waals surface area contributed by atoms with Crippen molar-refractivity contribution >= 4 is 11.6 Å². The number of fused-ring (bicyclic) bond motifs is 5. The summed E-state index contributed by atoms with van der Waals surface area (Å²) in [4.78, 5) is 0. The number of hydrogen-bond donors (Lipinski definition) is 0. The molecule has 144 valence electrons. The average molecular weight is 395 g/mol. The summed E-state index contributed by atoms with van der Waals surface area (Å²) >= 11 is 6.25. The Bertz CT molecular complexity index is 1090. The van der Waals surface area contributed by atoms with Gasteiger partial charge in [-0.15, -0.1) is 0 Å². The summed E-state index contributed by atoms with van der Waals surface area (Å²) in [6.45, 7) is 9.25. The lowest BCUT2D eigenvalue weighted by Gasteiger charge is -2.52. The number of aryl methyl sites for hydroxylation is 1. The number of rotatable bonds is 1. The number of nitrogens with zero attached hydrogens (tertiary/aromatic N) is 2. The van der Waals surface area contributed by atoms with Gasteiger partial charge in [-0.05, 0) is 45.0 Å². The molecular formula is C23H23ClN2O2. The van der Waals surface area contributed by atoms with E-state index in [2.05, 4.69) is 45.9 Å². The van der Waals surface area contributed by atoms with Crippen molar-refractivity contribution in [3.63, 3.8) is 0 Å². The lowest BCUT2D eigenvalue weighted by Crippen LogP contribution is -2.57. The van der Waals surface area contributed by atoms with Crippen molar-refractivity contribution in [3.8, 4) is 17.3 Å². The molecule has 0 saturated heterocycles. The second kappa shape index (κ2) is 5.77. The van der Waals surface area contributed by atoms with Crippen LogP contribution in [0.3, 0.4) is 0 Å². The molecule has 28 heavy (non-hydrogen) atoms. The van der Waals surface area contributed by atoms with E-state index in [0.29, 0.717) is 11.6 Å². The molecule has 2 aromatic carbocycles. The highest BCUT2D eigenvalue weighted by Gasteiger charge is 2.57. The summed E-state index contributed by atoms with van der Waals surface area (Å²) in [5.74, 6) is 1.90. The predicted molar refractivity (Wildman–Crippen MR) is 110 cm³/mol. The van der Waals surface area contributed by atoms with Crippen LogP contribution < -0.4 is 9.47 Å². The fraction of sp³-hybridized carbons (Fsp3) is 0.348. The van der Waals surface area contributed by atoms with Gasteiger partial charge < -0.3 is 9.47 Å². The fourth-order valence-electron chi connectivity index (χ4n) is 5.06. The molecule has 0 bridgehead atoms. The summed E-state index contributed by atoms with van der Waals surface area (Å²) < 4.78 is 14.6. The summed E-state index contributed by atoms with van der Waals surface area (Å²) in [6.07, 6.45) is 0. The third-order valence-electron chi connectivity index (χ3n) is 6.34. The number of para-hydroxylation sites is 1. The van der Waals surface area contributed by atoms with Gasteiger partial charge in [0.05, 0.1) is 18.0 Å². The second-order valence-electron chi connectivity index (χ2n) is 8.42. The maximum absolute atomic E-state index is 6.59. The number of hydrogen-bond acceptors (Lipinski definition) is 3. The number of aromatic nitrogens is 2. The molecule has 2 aliphatic heterocycles. The molecule has 2 atom stereocenters. The van der Waals surface area contributed by atoms with Crippen LogP contribution in [0.15, 0.2) is 48.5 Å². The van der Waals surface area contributed by atoms with Crippen molar-refractivity contribution in [1.82, 2.24) is 9.78 Å². The van der Waals surface area contributed by atoms with E-state index >= 15 is 0 Å². The molecule has 0 amide bonds. The van der Waals surface area contributed by atoms with E-state index < -0.39 is 5.60 Å². The first-order valence-electron chi connectivity index (χ1n) is 9.60. The number of halogens is 1. The highest BCUT2D eigenvalue weighted by atomic mass is 35.5. The molecule has 0 unspecified atom stereocenters. The monoisotopic (exact) mass is 394 g/mol. The van der Waals surface area contributed by atoms with Crippen molar-refractivity contribution in [1.29, 1.82) is 0 Å². The van der Waals surface area contributed by atoms with Crippen LogP contribution in [0.2, 0.25) is 5.02 Å². The lowest BCUT2D eigenvalue weighted by molar-refractivity contribution is -0.0440. The van der Waals surface area contributed by atoms with E-state index in [0.717, 1.165) is 28.6 Å². The molecule has 0 saturated carbocycles. The van der Waals surface area contributed by atoms with Gasteiger partial charge in [0.15, 0.2) is 0 Å². The topological polar surface area (TPSA) is 36.3 Å². The van der Waals surface area contributed by atoms with Gasteiger partial charge in [-0.2, -0.15) is 5.10 Å². The first kappa shape index (κ1) is 17.6. The quantitative estimate of drug-likeness (QED) is 0.560. The van der Waals surface area contributed by atoms with Crippen LogP contribution in [0.25, 0.3) is 5.69 Å². The summed E-state index contributed by atoms with van der Waals surface area (Å²) in [5, 5.41) is 5.55. The van der Waals surface area contributed by atoms with Crippen molar-refractivity contribution in [3.05, 3.63) is 70.4 Å². The lowest BCUT2D eigenvalue weighted by atomic mass is 9.60. The Kier molecular flexibility index (Phi) is 3.63. The normalized spacial score (nSPS) is 24.4. The molecule has 4 nitrogen and oxygen atoms in total. The zero-order valence-electron chi connectivity index (χ0n) is 16.5. The van der Waals surface area contributed by atoms with Crippen molar-refractivity contribution in [2.24, 2.45) is 5.92 Å². The maximum atomic E-state index is 6.59. The Hall–Kier alpha value is -2.46. The van der Waals surface area contributed by atoms with Gasteiger partial charge in [0.25, 0.3) is 0 Å². The summed E-state index contributed by atoms with van der Waals surface area (Å²) in [6, 6.07) is 16.0. The SMILES string of the molecule is Cc1nn(-c2cccc(Cl)c2)c2c1[C@]1(C)c3ccccc3OC[C@@H]1C(C)(C)O2. The Morgan fingerprint density at radius 1 is 1.11 bits per heavy atom. The summed E-state index contributed by atoms with van der Waals surface area (Å²) in [5.41, 5.74) is 3.51. The molecule has 3 heterocycles. The average Bonchev–Trinajstić information content (AvgIpc) is 2.98. The molecule has 0 fully saturated rings. The highest BCUT2D eigenvalue weighted by molar-refractivity contribution is 6.30. The van der Waals surface area contributed by atoms with Crippen molar-refractivity contribution in [2.45, 2.75) is 38.7 Å². The minimum atomic E-state index is -0.419. The van der Waals surface area contributed by atoms with E-state index in [9.17, 15) is 0 Å². The van der Waals surface area contributed by atoms with Crippen LogP contribution in [-0.4, -0.2) is 22.0 Å². The first-order chi connectivity index (χ1) is 13.3. The zero-order chi connectivity index (χ0) is 19.7. The fourth-order valence-corrected chi connectivity index (χ4v) is 5.24. The third kappa shape index (κ3) is 2.27. The number of ether oxygens (including phenoxy) is 2. The smallest absolute Gasteiger partial charge is 0.221 e. The second-order valence-corrected chi connectivity index (χ2v) is 8.86. The van der Waals surface area contributed by atoms with Crippen molar-refractivity contribution < 1.29 is 9.47 Å². The van der Waals surface area contributed by atoms with E-state index in [4.69, 9.17) is 26.2 Å². The minimum Gasteiger partial charge on any atom is -0.493 e. The van der Waals surface area contributed by atoms with E-state index in [1.54, 1.807) is 0 Å². The van der Waals surface area contributed by atoms with Gasteiger partial charge in [0.2, 0.25) is 5.88 Å². The Morgan fingerprint density at radius 2 is 1.89 bits per heavy atom. The first-order valence-corrected chi connectivity index (χ1v) is 9.97. The van der Waals surface area contributed by atoms with Crippen LogP contribution >= 0.6 is 11.6 Å². The van der Waals surface area contributed by atoms with Crippen molar-refractivity contribution in [2.75, 3.05) is 6.61 Å². The predicted octanol–water partition coefficient (Wildman–Crippen LogP) is 5.32. The van der Waals surface area contributed by atoms with E-state index in [1.165, 1.54) is 5.56 Å². The standard InChI is InChI=1S/C23H23ClN2O2/c1-14-20-21(26(25-14)16-9-7-8-15(24)12-16)28-22(2,3)19-13-27-18-11-6-5-10-17(18)23(19,20)4/h5-12,19H,13H2,1-4H3/t19-,23-/m1/s1. The molecule has 0 N–H and O–H groups in total. The molecule has 3 aromatic rings. The van der Waals surface area contributed by atoms with Gasteiger partial charge in [-0.25, -0.2) is 4.68 Å². The Balaban J connectivity index is 1.82. The third-order valence-corrected chi connectivity index (χ3v) is 6.57. The van der Waals surface area contributed by atoms with E-state index in [1.807, 2.05) is 35.0 Å². The molecule has 1 aromatic heterocycles.